The molecule has 1 aromatic rings. The van der Waals surface area contributed by atoms with Crippen LogP contribution in [-0.4, -0.2) is 34.0 Å². The third-order valence-electron chi connectivity index (χ3n) is 3.93. The Labute approximate surface area is 120 Å². The lowest BCUT2D eigenvalue weighted by Crippen LogP contribution is -2.26. The maximum absolute atomic E-state index is 11.9. The average molecular weight is 279 g/mol. The zero-order valence-corrected chi connectivity index (χ0v) is 12.1. The topological polar surface area (TPSA) is 85.8 Å². The molecule has 1 aromatic heterocycles. The van der Waals surface area contributed by atoms with Gasteiger partial charge in [-0.2, -0.15) is 0 Å². The van der Waals surface area contributed by atoms with Gasteiger partial charge in [-0.1, -0.05) is 37.3 Å². The Balaban J connectivity index is 1.69. The Kier molecular flexibility index (Phi) is 5.98. The van der Waals surface area contributed by atoms with Gasteiger partial charge >= 0.3 is 0 Å². The van der Waals surface area contributed by atoms with Gasteiger partial charge in [0.15, 0.2) is 5.69 Å². The molecule has 0 radical (unpaired) electrons. The van der Waals surface area contributed by atoms with Gasteiger partial charge in [-0.15, -0.1) is 5.10 Å². The number of aromatic nitrogens is 3. The summed E-state index contributed by atoms with van der Waals surface area (Å²) in [6, 6.07) is 0. The van der Waals surface area contributed by atoms with E-state index >= 15 is 0 Å². The van der Waals surface area contributed by atoms with Crippen molar-refractivity contribution in [1.29, 1.82) is 0 Å². The molecule has 1 aliphatic rings. The summed E-state index contributed by atoms with van der Waals surface area (Å²) in [5.41, 5.74) is 5.83. The van der Waals surface area contributed by atoms with Crippen molar-refractivity contribution in [3.05, 3.63) is 11.9 Å². The Bertz CT molecular complexity index is 411. The van der Waals surface area contributed by atoms with E-state index in [9.17, 15) is 4.79 Å². The van der Waals surface area contributed by atoms with Gasteiger partial charge in [0.25, 0.3) is 5.91 Å². The Morgan fingerprint density at radius 3 is 2.95 bits per heavy atom. The summed E-state index contributed by atoms with van der Waals surface area (Å²) in [7, 11) is 0. The van der Waals surface area contributed by atoms with E-state index in [2.05, 4.69) is 15.6 Å². The van der Waals surface area contributed by atoms with Crippen molar-refractivity contribution in [3.63, 3.8) is 0 Å². The second-order valence-electron chi connectivity index (χ2n) is 5.56. The van der Waals surface area contributed by atoms with Crippen molar-refractivity contribution in [2.75, 3.05) is 13.1 Å². The molecule has 6 nitrogen and oxygen atoms in total. The molecule has 0 aromatic carbocycles. The first-order chi connectivity index (χ1) is 9.79. The van der Waals surface area contributed by atoms with Gasteiger partial charge in [0.05, 0.1) is 6.20 Å². The molecule has 0 unspecified atom stereocenters. The molecule has 0 spiro atoms. The van der Waals surface area contributed by atoms with Crippen LogP contribution in [-0.2, 0) is 6.54 Å². The van der Waals surface area contributed by atoms with Crippen molar-refractivity contribution >= 4 is 5.91 Å². The lowest BCUT2D eigenvalue weighted by atomic mass is 9.87. The first-order valence-electron chi connectivity index (χ1n) is 7.68. The molecule has 1 heterocycles. The van der Waals surface area contributed by atoms with E-state index in [0.717, 1.165) is 25.3 Å². The van der Waals surface area contributed by atoms with Crippen LogP contribution in [0.3, 0.4) is 0 Å². The minimum Gasteiger partial charge on any atom is -0.351 e. The van der Waals surface area contributed by atoms with Gasteiger partial charge in [0, 0.05) is 13.1 Å². The Morgan fingerprint density at radius 2 is 2.20 bits per heavy atom. The first kappa shape index (κ1) is 15.0. The summed E-state index contributed by atoms with van der Waals surface area (Å²) in [5.74, 6) is 0.657. The maximum Gasteiger partial charge on any atom is 0.273 e. The van der Waals surface area contributed by atoms with Crippen molar-refractivity contribution in [2.45, 2.75) is 51.5 Å². The number of nitrogens with zero attached hydrogens (tertiary/aromatic N) is 3. The van der Waals surface area contributed by atoms with Gasteiger partial charge < -0.3 is 11.1 Å². The van der Waals surface area contributed by atoms with Crippen LogP contribution in [0.4, 0.5) is 0 Å². The molecule has 0 aliphatic heterocycles. The van der Waals surface area contributed by atoms with Crippen LogP contribution < -0.4 is 11.1 Å². The van der Waals surface area contributed by atoms with Crippen LogP contribution in [0.2, 0.25) is 0 Å². The molecular formula is C14H25N5O. The lowest BCUT2D eigenvalue weighted by Gasteiger charge is -2.21. The van der Waals surface area contributed by atoms with Gasteiger partial charge in [-0.25, -0.2) is 0 Å². The molecule has 1 amide bonds. The van der Waals surface area contributed by atoms with E-state index in [1.54, 1.807) is 10.9 Å². The van der Waals surface area contributed by atoms with Crippen molar-refractivity contribution in [3.8, 4) is 0 Å². The average Bonchev–Trinajstić information content (AvgIpc) is 2.95. The largest absolute Gasteiger partial charge is 0.351 e. The highest BCUT2D eigenvalue weighted by Gasteiger charge is 2.14. The van der Waals surface area contributed by atoms with Gasteiger partial charge in [-0.05, 0) is 25.3 Å². The van der Waals surface area contributed by atoms with Crippen LogP contribution in [0.5, 0.6) is 0 Å². The molecule has 1 saturated carbocycles. The summed E-state index contributed by atoms with van der Waals surface area (Å²) in [6.45, 7) is 2.06. The minimum absolute atomic E-state index is 0.125. The number of carbonyl (C=O) groups excluding carboxylic acids is 1. The number of amides is 1. The van der Waals surface area contributed by atoms with Crippen molar-refractivity contribution in [1.82, 2.24) is 20.3 Å². The molecule has 0 bridgehead atoms. The molecule has 0 atom stereocenters. The van der Waals surface area contributed by atoms with E-state index in [1.165, 1.54) is 32.1 Å². The number of aryl methyl sites for hydroxylation is 1. The van der Waals surface area contributed by atoms with E-state index in [0.29, 0.717) is 18.8 Å². The van der Waals surface area contributed by atoms with Crippen LogP contribution >= 0.6 is 0 Å². The zero-order valence-electron chi connectivity index (χ0n) is 12.1. The highest BCUT2D eigenvalue weighted by atomic mass is 16.2. The third-order valence-corrected chi connectivity index (χ3v) is 3.93. The summed E-state index contributed by atoms with van der Waals surface area (Å²) >= 11 is 0. The van der Waals surface area contributed by atoms with Crippen molar-refractivity contribution in [2.24, 2.45) is 11.7 Å². The zero-order chi connectivity index (χ0) is 14.2. The molecule has 2 rings (SSSR count). The second kappa shape index (κ2) is 7.99. The van der Waals surface area contributed by atoms with E-state index in [4.69, 9.17) is 5.73 Å². The molecule has 20 heavy (non-hydrogen) atoms. The van der Waals surface area contributed by atoms with Crippen LogP contribution in [0.1, 0.15) is 55.4 Å². The van der Waals surface area contributed by atoms with E-state index in [-0.39, 0.29) is 5.91 Å². The highest BCUT2D eigenvalue weighted by Crippen LogP contribution is 2.25. The SMILES string of the molecule is NCCCn1cc(C(=O)NCCC2CCCCC2)nn1. The molecule has 1 fully saturated rings. The fourth-order valence-corrected chi connectivity index (χ4v) is 2.72. The van der Waals surface area contributed by atoms with Gasteiger partial charge in [0.1, 0.15) is 0 Å². The van der Waals surface area contributed by atoms with Crippen LogP contribution in [0, 0.1) is 5.92 Å². The fourth-order valence-electron chi connectivity index (χ4n) is 2.72. The molecule has 1 aliphatic carbocycles. The highest BCUT2D eigenvalue weighted by molar-refractivity contribution is 5.91. The van der Waals surface area contributed by atoms with E-state index in [1.807, 2.05) is 0 Å². The molecule has 3 N–H and O–H groups in total. The Morgan fingerprint density at radius 1 is 1.40 bits per heavy atom. The summed E-state index contributed by atoms with van der Waals surface area (Å²) in [5, 5.41) is 10.8. The smallest absolute Gasteiger partial charge is 0.273 e. The number of carbonyl (C=O) groups is 1. The molecule has 6 heteroatoms. The quantitative estimate of drug-likeness (QED) is 0.788. The minimum atomic E-state index is -0.125. The van der Waals surface area contributed by atoms with Gasteiger partial charge in [0.2, 0.25) is 0 Å². The summed E-state index contributed by atoms with van der Waals surface area (Å²) < 4.78 is 1.67. The van der Waals surface area contributed by atoms with E-state index < -0.39 is 0 Å². The number of nitrogens with two attached hydrogens (primary N) is 1. The Hall–Kier alpha value is -1.43. The van der Waals surface area contributed by atoms with Gasteiger partial charge in [-0.3, -0.25) is 9.48 Å². The number of nitrogens with one attached hydrogen (secondary N) is 1. The van der Waals surface area contributed by atoms with Crippen LogP contribution in [0.25, 0.3) is 0 Å². The maximum atomic E-state index is 11.9. The third kappa shape index (κ3) is 4.59. The monoisotopic (exact) mass is 279 g/mol. The summed E-state index contributed by atoms with van der Waals surface area (Å²) in [4.78, 5) is 11.9. The molecular weight excluding hydrogens is 254 g/mol. The predicted octanol–water partition coefficient (Wildman–Crippen LogP) is 1.33. The second-order valence-corrected chi connectivity index (χ2v) is 5.56. The summed E-state index contributed by atoms with van der Waals surface area (Å²) in [6.07, 6.45) is 10.3. The van der Waals surface area contributed by atoms with Crippen LogP contribution in [0.15, 0.2) is 6.20 Å². The molecule has 0 saturated heterocycles. The standard InChI is InChI=1S/C14H25N5O/c15-8-4-10-19-11-13(17-18-19)14(20)16-9-7-12-5-2-1-3-6-12/h11-12H,1-10,15H2,(H,16,20). The first-order valence-corrected chi connectivity index (χ1v) is 7.68. The normalized spacial score (nSPS) is 16.2. The van der Waals surface area contributed by atoms with Crippen molar-refractivity contribution < 1.29 is 4.79 Å². The lowest BCUT2D eigenvalue weighted by molar-refractivity contribution is 0.0945. The fraction of sp³-hybridized carbons (Fsp3) is 0.786. The number of rotatable bonds is 7. The predicted molar refractivity (Wildman–Crippen MR) is 77.2 cm³/mol. The number of hydrogen-bond donors (Lipinski definition) is 2. The molecule has 112 valence electrons. The number of hydrogen-bond acceptors (Lipinski definition) is 4.